The summed E-state index contributed by atoms with van der Waals surface area (Å²) in [7, 11) is 0. The van der Waals surface area contributed by atoms with Crippen LogP contribution in [-0.4, -0.2) is 10.2 Å². The molecule has 0 saturated heterocycles. The molecule has 0 heterocycles. The molecule has 0 amide bonds. The number of aromatic hydroxyl groups is 2. The molecule has 2 N–H and O–H groups in total. The average Bonchev–Trinajstić information content (AvgIpc) is 2.42. The fourth-order valence-electron chi connectivity index (χ4n) is 4.50. The normalized spacial score (nSPS) is 13.1. The van der Waals surface area contributed by atoms with Gasteiger partial charge >= 0.3 is 0 Å². The third kappa shape index (κ3) is 4.00. The molecule has 0 bridgehead atoms. The smallest absolute Gasteiger partial charge is 0.116 e. The summed E-state index contributed by atoms with van der Waals surface area (Å²) in [5.41, 5.74) is 6.57. The lowest BCUT2D eigenvalue weighted by Gasteiger charge is -2.39. The van der Waals surface area contributed by atoms with Crippen molar-refractivity contribution >= 4 is 0 Å². The number of aryl methyl sites for hydroxylation is 2. The molecule has 0 aliphatic rings. The fraction of sp³-hybridized carbons (Fsp3) is 0.520. The highest BCUT2D eigenvalue weighted by molar-refractivity contribution is 5.57. The van der Waals surface area contributed by atoms with Gasteiger partial charge in [0.05, 0.1) is 0 Å². The molecule has 0 fully saturated rings. The molecule has 0 radical (unpaired) electrons. The molecular weight excluding hydrogens is 332 g/mol. The van der Waals surface area contributed by atoms with Crippen molar-refractivity contribution in [2.24, 2.45) is 0 Å². The van der Waals surface area contributed by atoms with E-state index in [0.29, 0.717) is 11.5 Å². The monoisotopic (exact) mass is 368 g/mol. The minimum atomic E-state index is -0.277. The SMILES string of the molecule is Cc1cc(O)cc(C(C)(C)C)c1C(C)(C)c1c(C)cc(O)cc1C(C)(C)C. The number of hydrogen-bond acceptors (Lipinski definition) is 2. The molecule has 0 saturated carbocycles. The van der Waals surface area contributed by atoms with Gasteiger partial charge in [-0.1, -0.05) is 55.4 Å². The van der Waals surface area contributed by atoms with Gasteiger partial charge in [-0.3, -0.25) is 0 Å². The van der Waals surface area contributed by atoms with Crippen LogP contribution in [0.2, 0.25) is 0 Å². The van der Waals surface area contributed by atoms with Crippen molar-refractivity contribution < 1.29 is 10.2 Å². The summed E-state index contributed by atoms with van der Waals surface area (Å²) >= 11 is 0. The van der Waals surface area contributed by atoms with Gasteiger partial charge in [0.2, 0.25) is 0 Å². The molecule has 2 aromatic rings. The van der Waals surface area contributed by atoms with Crippen molar-refractivity contribution in [2.75, 3.05) is 0 Å². The number of hydrogen-bond donors (Lipinski definition) is 2. The Morgan fingerprint density at radius 2 is 0.852 bits per heavy atom. The molecule has 2 rings (SSSR count). The summed E-state index contributed by atoms with van der Waals surface area (Å²) in [5.74, 6) is 0.630. The highest BCUT2D eigenvalue weighted by Gasteiger charge is 2.36. The molecule has 2 aromatic carbocycles. The molecule has 0 atom stereocenters. The van der Waals surface area contributed by atoms with Gasteiger partial charge in [-0.2, -0.15) is 0 Å². The Bertz CT molecular complexity index is 788. The quantitative estimate of drug-likeness (QED) is 0.624. The van der Waals surface area contributed by atoms with Crippen LogP contribution in [0.5, 0.6) is 11.5 Å². The molecule has 27 heavy (non-hydrogen) atoms. The molecule has 0 unspecified atom stereocenters. The number of rotatable bonds is 2. The van der Waals surface area contributed by atoms with Crippen LogP contribution in [0.25, 0.3) is 0 Å². The van der Waals surface area contributed by atoms with Crippen LogP contribution in [0.15, 0.2) is 24.3 Å². The summed E-state index contributed by atoms with van der Waals surface area (Å²) in [6.45, 7) is 21.8. The van der Waals surface area contributed by atoms with E-state index in [1.54, 1.807) is 0 Å². The van der Waals surface area contributed by atoms with Gasteiger partial charge < -0.3 is 10.2 Å². The molecule has 0 aliphatic carbocycles. The minimum Gasteiger partial charge on any atom is -0.508 e. The van der Waals surface area contributed by atoms with E-state index in [0.717, 1.165) is 22.3 Å². The number of phenols is 2. The molecule has 2 nitrogen and oxygen atoms in total. The van der Waals surface area contributed by atoms with Gasteiger partial charge in [-0.15, -0.1) is 0 Å². The maximum Gasteiger partial charge on any atom is 0.116 e. The lowest BCUT2D eigenvalue weighted by Crippen LogP contribution is -2.31. The van der Waals surface area contributed by atoms with Gasteiger partial charge in [-0.05, 0) is 82.3 Å². The van der Waals surface area contributed by atoms with Crippen LogP contribution in [0.3, 0.4) is 0 Å². The maximum atomic E-state index is 10.3. The predicted molar refractivity (Wildman–Crippen MR) is 115 cm³/mol. The Balaban J connectivity index is 2.95. The standard InChI is InChI=1S/C25H36O2/c1-15-11-17(26)13-19(23(3,4)5)21(15)25(9,10)22-16(2)12-18(27)14-20(22)24(6,7)8/h11-14,26-27H,1-10H3. The van der Waals surface area contributed by atoms with Gasteiger partial charge in [0.1, 0.15) is 11.5 Å². The molecule has 0 aliphatic heterocycles. The molecule has 0 spiro atoms. The first kappa shape index (κ1) is 21.3. The molecule has 148 valence electrons. The lowest BCUT2D eigenvalue weighted by atomic mass is 9.65. The summed E-state index contributed by atoms with van der Waals surface area (Å²) in [6, 6.07) is 7.55. The Morgan fingerprint density at radius 3 is 1.11 bits per heavy atom. The van der Waals surface area contributed by atoms with Crippen molar-refractivity contribution in [3.63, 3.8) is 0 Å². The summed E-state index contributed by atoms with van der Waals surface area (Å²) in [4.78, 5) is 0. The number of phenolic OH excluding ortho intramolecular Hbond substituents is 2. The fourth-order valence-corrected chi connectivity index (χ4v) is 4.50. The van der Waals surface area contributed by atoms with Gasteiger partial charge in [0.25, 0.3) is 0 Å². The van der Waals surface area contributed by atoms with E-state index in [-0.39, 0.29) is 16.2 Å². The largest absolute Gasteiger partial charge is 0.508 e. The van der Waals surface area contributed by atoms with Gasteiger partial charge in [-0.25, -0.2) is 0 Å². The van der Waals surface area contributed by atoms with E-state index in [1.807, 2.05) is 24.3 Å². The van der Waals surface area contributed by atoms with E-state index in [9.17, 15) is 10.2 Å². The third-order valence-electron chi connectivity index (χ3n) is 5.51. The zero-order valence-electron chi connectivity index (χ0n) is 18.7. The van der Waals surface area contributed by atoms with Gasteiger partial charge in [0.15, 0.2) is 0 Å². The Morgan fingerprint density at radius 1 is 0.556 bits per heavy atom. The van der Waals surface area contributed by atoms with E-state index >= 15 is 0 Å². The zero-order valence-corrected chi connectivity index (χ0v) is 18.7. The Labute approximate surface area is 165 Å². The molecule has 2 heteroatoms. The topological polar surface area (TPSA) is 40.5 Å². The maximum absolute atomic E-state index is 10.3. The summed E-state index contributed by atoms with van der Waals surface area (Å²) in [5, 5.41) is 20.5. The van der Waals surface area contributed by atoms with E-state index < -0.39 is 0 Å². The van der Waals surface area contributed by atoms with Crippen molar-refractivity contribution in [3.8, 4) is 11.5 Å². The lowest BCUT2D eigenvalue weighted by molar-refractivity contribution is 0.462. The average molecular weight is 369 g/mol. The first-order valence-electron chi connectivity index (χ1n) is 9.76. The van der Waals surface area contributed by atoms with Crippen LogP contribution in [0.4, 0.5) is 0 Å². The predicted octanol–water partition coefficient (Wildman–Crippen LogP) is 6.64. The van der Waals surface area contributed by atoms with Crippen molar-refractivity contribution in [1.82, 2.24) is 0 Å². The van der Waals surface area contributed by atoms with E-state index in [1.165, 1.54) is 11.1 Å². The van der Waals surface area contributed by atoms with Crippen LogP contribution in [0.1, 0.15) is 88.8 Å². The summed E-state index contributed by atoms with van der Waals surface area (Å²) in [6.07, 6.45) is 0. The molecule has 0 aromatic heterocycles. The van der Waals surface area contributed by atoms with E-state index in [4.69, 9.17) is 0 Å². The van der Waals surface area contributed by atoms with Gasteiger partial charge in [0, 0.05) is 5.41 Å². The van der Waals surface area contributed by atoms with Crippen molar-refractivity contribution in [2.45, 2.75) is 85.5 Å². The second kappa shape index (κ2) is 6.58. The highest BCUT2D eigenvalue weighted by Crippen LogP contribution is 2.46. The highest BCUT2D eigenvalue weighted by atomic mass is 16.3. The Kier molecular flexibility index (Phi) is 5.20. The van der Waals surface area contributed by atoms with Crippen LogP contribution >= 0.6 is 0 Å². The van der Waals surface area contributed by atoms with E-state index in [2.05, 4.69) is 69.2 Å². The minimum absolute atomic E-state index is 0.0944. The van der Waals surface area contributed by atoms with Crippen LogP contribution in [0, 0.1) is 13.8 Å². The summed E-state index contributed by atoms with van der Waals surface area (Å²) < 4.78 is 0. The second-order valence-corrected chi connectivity index (χ2v) is 10.5. The first-order chi connectivity index (χ1) is 12.1. The van der Waals surface area contributed by atoms with Crippen molar-refractivity contribution in [1.29, 1.82) is 0 Å². The van der Waals surface area contributed by atoms with Crippen LogP contribution < -0.4 is 0 Å². The van der Waals surface area contributed by atoms with Crippen LogP contribution in [-0.2, 0) is 16.2 Å². The first-order valence-corrected chi connectivity index (χ1v) is 9.76. The third-order valence-corrected chi connectivity index (χ3v) is 5.51. The second-order valence-electron chi connectivity index (χ2n) is 10.5. The van der Waals surface area contributed by atoms with Crippen molar-refractivity contribution in [3.05, 3.63) is 57.6 Å². The molecular formula is C25H36O2. The Hall–Kier alpha value is -1.96. The number of benzene rings is 2. The zero-order chi connectivity index (χ0) is 20.9.